The quantitative estimate of drug-likeness (QED) is 0.785. The van der Waals surface area contributed by atoms with Gasteiger partial charge in [-0.2, -0.15) is 0 Å². The number of carbonyl (C=O) groups excluding carboxylic acids is 1. The number of amides is 1. The summed E-state index contributed by atoms with van der Waals surface area (Å²) in [7, 11) is 3.98. The lowest BCUT2D eigenvalue weighted by Gasteiger charge is -2.17. The van der Waals surface area contributed by atoms with Gasteiger partial charge in [0.15, 0.2) is 0 Å². The Kier molecular flexibility index (Phi) is 4.12. The van der Waals surface area contributed by atoms with E-state index in [1.54, 1.807) is 0 Å². The van der Waals surface area contributed by atoms with Crippen molar-refractivity contribution in [3.8, 4) is 0 Å². The summed E-state index contributed by atoms with van der Waals surface area (Å²) in [5, 5.41) is 0. The maximum atomic E-state index is 12.3. The van der Waals surface area contributed by atoms with Crippen molar-refractivity contribution < 1.29 is 4.79 Å². The summed E-state index contributed by atoms with van der Waals surface area (Å²) >= 11 is 5.84. The van der Waals surface area contributed by atoms with Crippen LogP contribution in [0.5, 0.6) is 0 Å². The standard InChI is InChI=1S/C14H19ClN2O/c1-16(2)13-5-3-12(4-6-13)14(18)17-8-7-11(9-15)10-17/h3-6,11H,7-10H2,1-2H3. The number of carbonyl (C=O) groups is 1. The lowest BCUT2D eigenvalue weighted by molar-refractivity contribution is 0.0788. The first-order valence-electron chi connectivity index (χ1n) is 6.24. The number of halogens is 1. The predicted molar refractivity (Wildman–Crippen MR) is 75.5 cm³/mol. The van der Waals surface area contributed by atoms with E-state index in [1.807, 2.05) is 48.2 Å². The van der Waals surface area contributed by atoms with Crippen LogP contribution in [0.25, 0.3) is 0 Å². The fourth-order valence-corrected chi connectivity index (χ4v) is 2.48. The molecule has 1 aliphatic rings. The van der Waals surface area contributed by atoms with Crippen molar-refractivity contribution in [2.45, 2.75) is 6.42 Å². The Morgan fingerprint density at radius 2 is 2.06 bits per heavy atom. The molecule has 1 fully saturated rings. The van der Waals surface area contributed by atoms with E-state index in [1.165, 1.54) is 0 Å². The van der Waals surface area contributed by atoms with Gasteiger partial charge in [0.2, 0.25) is 0 Å². The van der Waals surface area contributed by atoms with Crippen LogP contribution >= 0.6 is 11.6 Å². The molecule has 0 radical (unpaired) electrons. The molecule has 0 aliphatic carbocycles. The van der Waals surface area contributed by atoms with Gasteiger partial charge in [-0.3, -0.25) is 4.79 Å². The summed E-state index contributed by atoms with van der Waals surface area (Å²) in [6, 6.07) is 7.74. The number of hydrogen-bond acceptors (Lipinski definition) is 2. The smallest absolute Gasteiger partial charge is 0.253 e. The third-order valence-electron chi connectivity index (χ3n) is 3.42. The number of likely N-dealkylation sites (tertiary alicyclic amines) is 1. The number of alkyl halides is 1. The van der Waals surface area contributed by atoms with E-state index in [0.29, 0.717) is 11.8 Å². The number of anilines is 1. The van der Waals surface area contributed by atoms with Crippen LogP contribution < -0.4 is 4.90 Å². The summed E-state index contributed by atoms with van der Waals surface area (Å²) in [4.78, 5) is 16.2. The van der Waals surface area contributed by atoms with E-state index in [4.69, 9.17) is 11.6 Å². The van der Waals surface area contributed by atoms with E-state index >= 15 is 0 Å². The largest absolute Gasteiger partial charge is 0.378 e. The zero-order valence-electron chi connectivity index (χ0n) is 10.9. The second-order valence-corrected chi connectivity index (χ2v) is 5.31. The van der Waals surface area contributed by atoms with Crippen LogP contribution in [0.1, 0.15) is 16.8 Å². The third kappa shape index (κ3) is 2.78. The average Bonchev–Trinajstić information content (AvgIpc) is 2.86. The maximum absolute atomic E-state index is 12.3. The molecule has 0 saturated carbocycles. The minimum atomic E-state index is 0.118. The zero-order valence-corrected chi connectivity index (χ0v) is 11.7. The Morgan fingerprint density at radius 1 is 1.39 bits per heavy atom. The zero-order chi connectivity index (χ0) is 13.1. The van der Waals surface area contributed by atoms with Gasteiger partial charge in [0.05, 0.1) is 0 Å². The lowest BCUT2D eigenvalue weighted by Crippen LogP contribution is -2.28. The SMILES string of the molecule is CN(C)c1ccc(C(=O)N2CCC(CCl)C2)cc1. The molecule has 0 N–H and O–H groups in total. The molecule has 1 aromatic rings. The topological polar surface area (TPSA) is 23.6 Å². The fourth-order valence-electron chi connectivity index (χ4n) is 2.23. The highest BCUT2D eigenvalue weighted by Gasteiger charge is 2.26. The number of hydrogen-bond donors (Lipinski definition) is 0. The van der Waals surface area contributed by atoms with Crippen LogP contribution in [-0.2, 0) is 0 Å². The highest BCUT2D eigenvalue weighted by molar-refractivity contribution is 6.18. The van der Waals surface area contributed by atoms with Crippen LogP contribution in [-0.4, -0.2) is 43.9 Å². The second kappa shape index (κ2) is 5.61. The van der Waals surface area contributed by atoms with E-state index in [0.717, 1.165) is 30.8 Å². The van der Waals surface area contributed by atoms with E-state index in [2.05, 4.69) is 0 Å². The third-order valence-corrected chi connectivity index (χ3v) is 3.86. The van der Waals surface area contributed by atoms with Gasteiger partial charge >= 0.3 is 0 Å². The molecular weight excluding hydrogens is 248 g/mol. The van der Waals surface area contributed by atoms with Gasteiger partial charge in [-0.15, -0.1) is 11.6 Å². The molecule has 1 aromatic carbocycles. The Labute approximate surface area is 113 Å². The lowest BCUT2D eigenvalue weighted by atomic mass is 10.1. The predicted octanol–water partition coefficient (Wildman–Crippen LogP) is 2.45. The first-order chi connectivity index (χ1) is 8.61. The summed E-state index contributed by atoms with van der Waals surface area (Å²) < 4.78 is 0. The first-order valence-corrected chi connectivity index (χ1v) is 6.78. The summed E-state index contributed by atoms with van der Waals surface area (Å²) in [5.74, 6) is 1.22. The van der Waals surface area contributed by atoms with Crippen molar-refractivity contribution in [3.05, 3.63) is 29.8 Å². The maximum Gasteiger partial charge on any atom is 0.253 e. The van der Waals surface area contributed by atoms with Crippen LogP contribution in [0, 0.1) is 5.92 Å². The molecule has 18 heavy (non-hydrogen) atoms. The van der Waals surface area contributed by atoms with Gasteiger partial charge in [-0.1, -0.05) is 0 Å². The molecule has 3 nitrogen and oxygen atoms in total. The van der Waals surface area contributed by atoms with Crippen LogP contribution in [0.2, 0.25) is 0 Å². The number of benzene rings is 1. The summed E-state index contributed by atoms with van der Waals surface area (Å²) in [5.41, 5.74) is 1.86. The minimum Gasteiger partial charge on any atom is -0.378 e. The molecule has 2 rings (SSSR count). The van der Waals surface area contributed by atoms with Crippen molar-refractivity contribution in [2.75, 3.05) is 38.0 Å². The summed E-state index contributed by atoms with van der Waals surface area (Å²) in [6.07, 6.45) is 1.02. The molecule has 0 bridgehead atoms. The highest BCUT2D eigenvalue weighted by atomic mass is 35.5. The minimum absolute atomic E-state index is 0.118. The number of nitrogens with zero attached hydrogens (tertiary/aromatic N) is 2. The average molecular weight is 267 g/mol. The molecule has 1 unspecified atom stereocenters. The van der Waals surface area contributed by atoms with Gasteiger partial charge in [0, 0.05) is 44.3 Å². The molecule has 1 heterocycles. The monoisotopic (exact) mass is 266 g/mol. The molecule has 1 saturated heterocycles. The number of rotatable bonds is 3. The first kappa shape index (κ1) is 13.2. The van der Waals surface area contributed by atoms with Gasteiger partial charge in [0.1, 0.15) is 0 Å². The van der Waals surface area contributed by atoms with Crippen LogP contribution in [0.15, 0.2) is 24.3 Å². The molecule has 1 amide bonds. The van der Waals surface area contributed by atoms with Gasteiger partial charge in [-0.05, 0) is 36.6 Å². The van der Waals surface area contributed by atoms with Crippen LogP contribution in [0.4, 0.5) is 5.69 Å². The Balaban J connectivity index is 2.05. The Hall–Kier alpha value is -1.22. The molecule has 4 heteroatoms. The fraction of sp³-hybridized carbons (Fsp3) is 0.500. The molecule has 98 valence electrons. The molecular formula is C14H19ClN2O. The van der Waals surface area contributed by atoms with Crippen molar-refractivity contribution in [2.24, 2.45) is 5.92 Å². The Morgan fingerprint density at radius 3 is 2.56 bits per heavy atom. The Bertz CT molecular complexity index is 416. The van der Waals surface area contributed by atoms with E-state index in [-0.39, 0.29) is 5.91 Å². The van der Waals surface area contributed by atoms with E-state index < -0.39 is 0 Å². The molecule has 0 aromatic heterocycles. The summed E-state index contributed by atoms with van der Waals surface area (Å²) in [6.45, 7) is 1.61. The van der Waals surface area contributed by atoms with Crippen LogP contribution in [0.3, 0.4) is 0 Å². The van der Waals surface area contributed by atoms with Crippen molar-refractivity contribution in [1.29, 1.82) is 0 Å². The van der Waals surface area contributed by atoms with Gasteiger partial charge in [0.25, 0.3) is 5.91 Å². The molecule has 0 spiro atoms. The normalized spacial score (nSPS) is 19.1. The molecule has 1 atom stereocenters. The van der Waals surface area contributed by atoms with Crippen molar-refractivity contribution in [3.63, 3.8) is 0 Å². The highest BCUT2D eigenvalue weighted by Crippen LogP contribution is 2.20. The van der Waals surface area contributed by atoms with Gasteiger partial charge in [-0.25, -0.2) is 0 Å². The van der Waals surface area contributed by atoms with Crippen molar-refractivity contribution in [1.82, 2.24) is 4.90 Å². The van der Waals surface area contributed by atoms with Crippen molar-refractivity contribution >= 4 is 23.2 Å². The second-order valence-electron chi connectivity index (χ2n) is 5.00. The molecule has 1 aliphatic heterocycles. The van der Waals surface area contributed by atoms with E-state index in [9.17, 15) is 4.79 Å². The van der Waals surface area contributed by atoms with Gasteiger partial charge < -0.3 is 9.80 Å².